The van der Waals surface area contributed by atoms with Gasteiger partial charge in [-0.3, -0.25) is 4.99 Å². The van der Waals surface area contributed by atoms with E-state index in [-0.39, 0.29) is 6.17 Å². The fourth-order valence-corrected chi connectivity index (χ4v) is 11.1. The van der Waals surface area contributed by atoms with Crippen molar-refractivity contribution in [3.8, 4) is 33.4 Å². The van der Waals surface area contributed by atoms with Crippen LogP contribution in [-0.2, 0) is 5.41 Å². The molecule has 1 aliphatic heterocycles. The minimum absolute atomic E-state index is 0.325. The lowest BCUT2D eigenvalue weighted by molar-refractivity contribution is 0.636. The van der Waals surface area contributed by atoms with Crippen molar-refractivity contribution >= 4 is 37.9 Å². The van der Waals surface area contributed by atoms with Gasteiger partial charge in [0.15, 0.2) is 0 Å². The first kappa shape index (κ1) is 34.7. The molecule has 0 radical (unpaired) electrons. The first-order valence-electron chi connectivity index (χ1n) is 20.7. The zero-order valence-electron chi connectivity index (χ0n) is 32.7. The van der Waals surface area contributed by atoms with Crippen LogP contribution in [0.4, 0.5) is 0 Å². The van der Waals surface area contributed by atoms with Gasteiger partial charge in [0.2, 0.25) is 0 Å². The van der Waals surface area contributed by atoms with E-state index in [1.54, 1.807) is 0 Å². The Bertz CT molecular complexity index is 3350. The molecule has 9 aromatic carbocycles. The van der Waals surface area contributed by atoms with Gasteiger partial charge < -0.3 is 5.32 Å². The summed E-state index contributed by atoms with van der Waals surface area (Å²) in [4.78, 5) is 5.62. The summed E-state index contributed by atoms with van der Waals surface area (Å²) in [7, 11) is 0. The summed E-state index contributed by atoms with van der Waals surface area (Å²) in [5.74, 6) is 0. The average Bonchev–Trinajstić information content (AvgIpc) is 3.86. The molecule has 0 fully saturated rings. The molecule has 0 bridgehead atoms. The van der Waals surface area contributed by atoms with Crippen molar-refractivity contribution in [3.05, 3.63) is 262 Å². The van der Waals surface area contributed by atoms with Gasteiger partial charge in [0.25, 0.3) is 0 Å². The standard InChI is InChI=1S/C57H38N2S/c1-5-18-37(19-6-1)39-23-17-24-41(34-39)53-55-54(47-30-15-16-31-50(47)60-55)59-56(58-53)42-32-33-46-49(36-42)57(43-25-9-3-10-26-43,44-27-11-4-12-28-44)52-45-29-14-13-22-40(45)35-48(51(46)52)38-20-7-2-8-21-38/h1-36,56,58H. The maximum atomic E-state index is 5.62. The number of nitrogens with one attached hydrogen (secondary N) is 1. The molecule has 2 aliphatic rings. The van der Waals surface area contributed by atoms with Crippen molar-refractivity contribution in [1.82, 2.24) is 5.32 Å². The third-order valence-electron chi connectivity index (χ3n) is 12.5. The zero-order valence-corrected chi connectivity index (χ0v) is 33.5. The molecule has 1 aliphatic carbocycles. The second kappa shape index (κ2) is 13.9. The highest BCUT2D eigenvalue weighted by molar-refractivity contribution is 7.17. The smallest absolute Gasteiger partial charge is 0.145 e. The molecule has 12 rings (SSSR count). The molecule has 2 nitrogen and oxygen atoms in total. The Morgan fingerprint density at radius 1 is 0.467 bits per heavy atom. The molecule has 1 atom stereocenters. The van der Waals surface area contributed by atoms with E-state index in [9.17, 15) is 0 Å². The van der Waals surface area contributed by atoms with Crippen LogP contribution in [0.2, 0.25) is 0 Å². The van der Waals surface area contributed by atoms with Gasteiger partial charge in [-0.25, -0.2) is 0 Å². The molecule has 1 unspecified atom stereocenters. The van der Waals surface area contributed by atoms with Crippen LogP contribution in [0.5, 0.6) is 0 Å². The fourth-order valence-electron chi connectivity index (χ4n) is 9.95. The highest BCUT2D eigenvalue weighted by Crippen LogP contribution is 2.60. The van der Waals surface area contributed by atoms with E-state index in [4.69, 9.17) is 4.99 Å². The van der Waals surface area contributed by atoms with E-state index in [0.29, 0.717) is 0 Å². The van der Waals surface area contributed by atoms with E-state index in [0.717, 1.165) is 22.2 Å². The lowest BCUT2D eigenvalue weighted by Gasteiger charge is -2.35. The predicted octanol–water partition coefficient (Wildman–Crippen LogP) is 12.8. The van der Waals surface area contributed by atoms with Crippen molar-refractivity contribution < 1.29 is 0 Å². The lowest BCUT2D eigenvalue weighted by atomic mass is 9.66. The van der Waals surface area contributed by atoms with Gasteiger partial charge in [0, 0.05) is 10.1 Å². The molecular weight excluding hydrogens is 745 g/mol. The van der Waals surface area contributed by atoms with Crippen LogP contribution in [-0.4, -0.2) is 0 Å². The molecule has 282 valence electrons. The summed E-state index contributed by atoms with van der Waals surface area (Å²) in [6.45, 7) is 0. The molecule has 2 heterocycles. The molecule has 0 spiro atoms. The monoisotopic (exact) mass is 782 g/mol. The largest absolute Gasteiger partial charge is 0.358 e. The first-order valence-corrected chi connectivity index (χ1v) is 21.5. The molecule has 0 saturated carbocycles. The van der Waals surface area contributed by atoms with Crippen molar-refractivity contribution in [1.29, 1.82) is 0 Å². The van der Waals surface area contributed by atoms with Gasteiger partial charge in [0.05, 0.1) is 21.0 Å². The van der Waals surface area contributed by atoms with E-state index < -0.39 is 5.41 Å². The molecule has 60 heavy (non-hydrogen) atoms. The van der Waals surface area contributed by atoms with Crippen LogP contribution in [0.3, 0.4) is 0 Å². The number of fused-ring (bicyclic) bond motifs is 8. The van der Waals surface area contributed by atoms with Crippen molar-refractivity contribution in [3.63, 3.8) is 0 Å². The first-order chi connectivity index (χ1) is 29.8. The summed E-state index contributed by atoms with van der Waals surface area (Å²) in [5.41, 5.74) is 15.3. The predicted molar refractivity (Wildman–Crippen MR) is 250 cm³/mol. The second-order valence-corrected chi connectivity index (χ2v) is 16.9. The summed E-state index contributed by atoms with van der Waals surface area (Å²) in [5, 5.41) is 8.77. The molecule has 0 saturated heterocycles. The quantitative estimate of drug-likeness (QED) is 0.178. The Hall–Kier alpha value is -7.33. The maximum absolute atomic E-state index is 5.62. The fraction of sp³-hybridized carbons (Fsp3) is 0.0351. The van der Waals surface area contributed by atoms with E-state index in [1.165, 1.54) is 81.0 Å². The van der Waals surface area contributed by atoms with Crippen LogP contribution in [0.25, 0.3) is 59.9 Å². The SMILES string of the molecule is c1ccc(-c2cccc(C3=c4sc5ccccc5c4=NC(c4ccc5c(c4)C(c4ccccc4)(c4ccccc4)c4c-5c(-c5ccccc5)cc5ccccc45)N3)c2)cc1. The summed E-state index contributed by atoms with van der Waals surface area (Å²) >= 11 is 1.81. The van der Waals surface area contributed by atoms with Gasteiger partial charge in [-0.05, 0) is 102 Å². The lowest BCUT2D eigenvalue weighted by Crippen LogP contribution is -2.37. The average molecular weight is 783 g/mol. The van der Waals surface area contributed by atoms with Crippen LogP contribution in [0, 0.1) is 0 Å². The maximum Gasteiger partial charge on any atom is 0.145 e. The highest BCUT2D eigenvalue weighted by atomic mass is 32.1. The van der Waals surface area contributed by atoms with Crippen molar-refractivity contribution in [2.45, 2.75) is 11.6 Å². The Labute approximate surface area is 353 Å². The Morgan fingerprint density at radius 2 is 1.07 bits per heavy atom. The Morgan fingerprint density at radius 3 is 1.80 bits per heavy atom. The minimum atomic E-state index is -0.612. The Kier molecular flexibility index (Phi) is 8.04. The van der Waals surface area contributed by atoms with Crippen LogP contribution in [0.15, 0.2) is 223 Å². The van der Waals surface area contributed by atoms with Crippen LogP contribution in [0.1, 0.15) is 39.5 Å². The molecule has 1 N–H and O–H groups in total. The number of rotatable bonds is 6. The third kappa shape index (κ3) is 5.29. The van der Waals surface area contributed by atoms with Gasteiger partial charge in [0.1, 0.15) is 6.17 Å². The molecule has 10 aromatic rings. The van der Waals surface area contributed by atoms with Crippen LogP contribution < -0.4 is 15.2 Å². The van der Waals surface area contributed by atoms with E-state index in [2.05, 4.69) is 224 Å². The molecular formula is C57H38N2S. The third-order valence-corrected chi connectivity index (χ3v) is 13.7. The second-order valence-electron chi connectivity index (χ2n) is 15.8. The van der Waals surface area contributed by atoms with E-state index >= 15 is 0 Å². The normalized spacial score (nSPS) is 14.9. The summed E-state index contributed by atoms with van der Waals surface area (Å²) < 4.78 is 2.41. The number of hydrogen-bond acceptors (Lipinski definition) is 3. The highest BCUT2D eigenvalue weighted by Gasteiger charge is 2.48. The number of thiophene rings is 1. The Balaban J connectivity index is 1.14. The summed E-state index contributed by atoms with van der Waals surface area (Å²) in [6, 6.07) is 80.0. The number of hydrogen-bond donors (Lipinski definition) is 1. The molecule has 0 amide bonds. The number of benzene rings is 9. The van der Waals surface area contributed by atoms with Crippen LogP contribution >= 0.6 is 11.3 Å². The van der Waals surface area contributed by atoms with Gasteiger partial charge in [-0.15, -0.1) is 11.3 Å². The molecule has 3 heteroatoms. The summed E-state index contributed by atoms with van der Waals surface area (Å²) in [6.07, 6.45) is -0.325. The zero-order chi connectivity index (χ0) is 39.6. The van der Waals surface area contributed by atoms with Gasteiger partial charge in [-0.1, -0.05) is 194 Å². The van der Waals surface area contributed by atoms with E-state index in [1.807, 2.05) is 11.3 Å². The molecule has 1 aromatic heterocycles. The number of nitrogens with zero attached hydrogens (tertiary/aromatic N) is 1. The van der Waals surface area contributed by atoms with Crippen molar-refractivity contribution in [2.24, 2.45) is 4.99 Å². The van der Waals surface area contributed by atoms with Gasteiger partial charge >= 0.3 is 0 Å². The van der Waals surface area contributed by atoms with Crippen molar-refractivity contribution in [2.75, 3.05) is 0 Å². The topological polar surface area (TPSA) is 24.4 Å². The van der Waals surface area contributed by atoms with Gasteiger partial charge in [-0.2, -0.15) is 0 Å². The minimum Gasteiger partial charge on any atom is -0.358 e.